The first-order chi connectivity index (χ1) is 13.8. The van der Waals surface area contributed by atoms with Gasteiger partial charge in [-0.3, -0.25) is 9.69 Å². The number of hydrogen-bond donors (Lipinski definition) is 1. The summed E-state index contributed by atoms with van der Waals surface area (Å²) in [6.45, 7) is 4.08. The highest BCUT2D eigenvalue weighted by Gasteiger charge is 2.15. The molecule has 1 aliphatic carbocycles. The van der Waals surface area contributed by atoms with Crippen molar-refractivity contribution in [1.82, 2.24) is 10.2 Å². The zero-order chi connectivity index (χ0) is 19.2. The van der Waals surface area contributed by atoms with E-state index < -0.39 is 0 Å². The van der Waals surface area contributed by atoms with Gasteiger partial charge in [0.25, 0.3) is 0 Å². The van der Waals surface area contributed by atoms with Gasteiger partial charge in [-0.15, -0.1) is 0 Å². The quantitative estimate of drug-likeness (QED) is 0.698. The van der Waals surface area contributed by atoms with Gasteiger partial charge in [0.1, 0.15) is 0 Å². The summed E-state index contributed by atoms with van der Waals surface area (Å²) in [5.41, 5.74) is 4.97. The van der Waals surface area contributed by atoms with E-state index in [4.69, 9.17) is 0 Å². The molecule has 1 amide bonds. The van der Waals surface area contributed by atoms with E-state index in [-0.39, 0.29) is 5.91 Å². The van der Waals surface area contributed by atoms with E-state index in [1.165, 1.54) is 48.2 Å². The topological polar surface area (TPSA) is 32.3 Å². The Hall–Kier alpha value is -2.39. The highest BCUT2D eigenvalue weighted by atomic mass is 16.1. The summed E-state index contributed by atoms with van der Waals surface area (Å²) in [7, 11) is 0. The number of likely N-dealkylation sites (tertiary alicyclic amines) is 1. The van der Waals surface area contributed by atoms with Crippen LogP contribution in [0, 0.1) is 5.92 Å². The van der Waals surface area contributed by atoms with Gasteiger partial charge < -0.3 is 5.32 Å². The van der Waals surface area contributed by atoms with E-state index in [1.807, 2.05) is 6.07 Å². The SMILES string of the molecule is O=C(C[C@H]1C=CCC1)NCc1ccccc1-c1ccc(CN2CCCC2)cc1. The van der Waals surface area contributed by atoms with Crippen molar-refractivity contribution < 1.29 is 4.79 Å². The molecule has 146 valence electrons. The normalized spacial score (nSPS) is 19.2. The summed E-state index contributed by atoms with van der Waals surface area (Å²) >= 11 is 0. The molecule has 1 saturated heterocycles. The first-order valence-electron chi connectivity index (χ1n) is 10.6. The summed E-state index contributed by atoms with van der Waals surface area (Å²) in [5, 5.41) is 3.12. The number of carbonyl (C=O) groups is 1. The van der Waals surface area contributed by atoms with Crippen LogP contribution in [0.15, 0.2) is 60.7 Å². The molecule has 3 heteroatoms. The van der Waals surface area contributed by atoms with Crippen LogP contribution in [0.3, 0.4) is 0 Å². The minimum Gasteiger partial charge on any atom is -0.352 e. The number of rotatable bonds is 7. The molecule has 1 aliphatic heterocycles. The highest BCUT2D eigenvalue weighted by Crippen LogP contribution is 2.25. The third kappa shape index (κ3) is 4.90. The van der Waals surface area contributed by atoms with E-state index in [1.54, 1.807) is 0 Å². The first-order valence-corrected chi connectivity index (χ1v) is 10.6. The van der Waals surface area contributed by atoms with E-state index in [9.17, 15) is 4.79 Å². The largest absolute Gasteiger partial charge is 0.352 e. The van der Waals surface area contributed by atoms with Crippen LogP contribution in [-0.4, -0.2) is 23.9 Å². The maximum atomic E-state index is 12.3. The minimum atomic E-state index is 0.146. The predicted molar refractivity (Wildman–Crippen MR) is 115 cm³/mol. The molecule has 0 radical (unpaired) electrons. The van der Waals surface area contributed by atoms with E-state index >= 15 is 0 Å². The van der Waals surface area contributed by atoms with Gasteiger partial charge in [0.15, 0.2) is 0 Å². The zero-order valence-electron chi connectivity index (χ0n) is 16.6. The van der Waals surface area contributed by atoms with Crippen molar-refractivity contribution in [3.05, 3.63) is 71.8 Å². The Kier molecular flexibility index (Phi) is 6.23. The van der Waals surface area contributed by atoms with Crippen molar-refractivity contribution in [3.63, 3.8) is 0 Å². The number of hydrogen-bond acceptors (Lipinski definition) is 2. The lowest BCUT2D eigenvalue weighted by Gasteiger charge is -2.15. The van der Waals surface area contributed by atoms with Gasteiger partial charge in [-0.1, -0.05) is 60.7 Å². The average Bonchev–Trinajstić information content (AvgIpc) is 3.42. The Morgan fingerprint density at radius 1 is 1.04 bits per heavy atom. The zero-order valence-corrected chi connectivity index (χ0v) is 16.6. The van der Waals surface area contributed by atoms with Crippen molar-refractivity contribution in [2.45, 2.75) is 45.2 Å². The fourth-order valence-corrected chi connectivity index (χ4v) is 4.31. The molecule has 0 saturated carbocycles. The van der Waals surface area contributed by atoms with Gasteiger partial charge in [-0.25, -0.2) is 0 Å². The maximum absolute atomic E-state index is 12.3. The fourth-order valence-electron chi connectivity index (χ4n) is 4.31. The Labute approximate surface area is 168 Å². The molecule has 2 aromatic carbocycles. The van der Waals surface area contributed by atoms with Crippen LogP contribution in [0.1, 0.15) is 43.2 Å². The summed E-state index contributed by atoms with van der Waals surface area (Å²) in [4.78, 5) is 14.8. The third-order valence-electron chi connectivity index (χ3n) is 5.92. The van der Waals surface area contributed by atoms with Crippen molar-refractivity contribution in [2.24, 2.45) is 5.92 Å². The van der Waals surface area contributed by atoms with Crippen molar-refractivity contribution in [3.8, 4) is 11.1 Å². The van der Waals surface area contributed by atoms with Gasteiger partial charge in [0, 0.05) is 19.5 Å². The monoisotopic (exact) mass is 374 g/mol. The number of nitrogens with one attached hydrogen (secondary N) is 1. The summed E-state index contributed by atoms with van der Waals surface area (Å²) in [5.74, 6) is 0.561. The van der Waals surface area contributed by atoms with E-state index in [2.05, 4.69) is 64.8 Å². The van der Waals surface area contributed by atoms with E-state index in [0.29, 0.717) is 18.9 Å². The number of amides is 1. The molecule has 3 nitrogen and oxygen atoms in total. The number of benzene rings is 2. The van der Waals surface area contributed by atoms with E-state index in [0.717, 1.165) is 19.4 Å². The molecular formula is C25H30N2O. The van der Waals surface area contributed by atoms with Crippen molar-refractivity contribution >= 4 is 5.91 Å². The molecule has 0 bridgehead atoms. The summed E-state index contributed by atoms with van der Waals surface area (Å²) in [6, 6.07) is 17.3. The van der Waals surface area contributed by atoms with Gasteiger partial charge in [0.2, 0.25) is 5.91 Å². The molecule has 0 unspecified atom stereocenters. The second-order valence-corrected chi connectivity index (χ2v) is 8.08. The lowest BCUT2D eigenvalue weighted by molar-refractivity contribution is -0.121. The minimum absolute atomic E-state index is 0.146. The molecule has 1 heterocycles. The molecule has 0 spiro atoms. The second kappa shape index (κ2) is 9.20. The van der Waals surface area contributed by atoms with Gasteiger partial charge in [0.05, 0.1) is 0 Å². The third-order valence-corrected chi connectivity index (χ3v) is 5.92. The summed E-state index contributed by atoms with van der Waals surface area (Å²) in [6.07, 6.45) is 9.83. The highest BCUT2D eigenvalue weighted by molar-refractivity contribution is 5.77. The van der Waals surface area contributed by atoms with Crippen molar-refractivity contribution in [1.29, 1.82) is 0 Å². The number of carbonyl (C=O) groups excluding carboxylic acids is 1. The maximum Gasteiger partial charge on any atom is 0.220 e. The van der Waals surface area contributed by atoms with Crippen LogP contribution in [-0.2, 0) is 17.9 Å². The van der Waals surface area contributed by atoms with Crippen LogP contribution in [0.4, 0.5) is 0 Å². The summed E-state index contributed by atoms with van der Waals surface area (Å²) < 4.78 is 0. The molecule has 1 atom stereocenters. The Balaban J connectivity index is 1.39. The van der Waals surface area contributed by atoms with Gasteiger partial charge in [-0.05, 0) is 66.9 Å². The smallest absolute Gasteiger partial charge is 0.220 e. The van der Waals surface area contributed by atoms with Crippen molar-refractivity contribution in [2.75, 3.05) is 13.1 Å². The fraction of sp³-hybridized carbons (Fsp3) is 0.400. The van der Waals surface area contributed by atoms with Gasteiger partial charge >= 0.3 is 0 Å². The lowest BCUT2D eigenvalue weighted by atomic mass is 9.98. The standard InChI is InChI=1S/C25H30N2O/c28-25(17-20-7-1-2-8-20)26-18-23-9-3-4-10-24(23)22-13-11-21(12-14-22)19-27-15-5-6-16-27/h1,3-4,7,9-14,20H,2,5-6,8,15-19H2,(H,26,28)/t20-/m0/s1. The molecule has 2 aliphatic rings. The first kappa shape index (κ1) is 18.9. The second-order valence-electron chi connectivity index (χ2n) is 8.08. The number of allylic oxidation sites excluding steroid dienone is 2. The van der Waals surface area contributed by atoms with Crippen LogP contribution in [0.25, 0.3) is 11.1 Å². The Bertz CT molecular complexity index is 819. The Morgan fingerprint density at radius 3 is 2.57 bits per heavy atom. The molecule has 4 rings (SSSR count). The van der Waals surface area contributed by atoms with Crippen LogP contribution >= 0.6 is 0 Å². The molecule has 28 heavy (non-hydrogen) atoms. The molecule has 2 aromatic rings. The average molecular weight is 375 g/mol. The van der Waals surface area contributed by atoms with Crippen LogP contribution < -0.4 is 5.32 Å². The molecule has 1 N–H and O–H groups in total. The molecule has 0 aromatic heterocycles. The van der Waals surface area contributed by atoms with Crippen LogP contribution in [0.5, 0.6) is 0 Å². The van der Waals surface area contributed by atoms with Crippen LogP contribution in [0.2, 0.25) is 0 Å². The Morgan fingerprint density at radius 2 is 1.82 bits per heavy atom. The number of nitrogens with zero attached hydrogens (tertiary/aromatic N) is 1. The predicted octanol–water partition coefficient (Wildman–Crippen LogP) is 4.92. The van der Waals surface area contributed by atoms with Gasteiger partial charge in [-0.2, -0.15) is 0 Å². The lowest BCUT2D eigenvalue weighted by Crippen LogP contribution is -2.24. The molecule has 1 fully saturated rings. The molecular weight excluding hydrogens is 344 g/mol.